The predicted molar refractivity (Wildman–Crippen MR) is 99.9 cm³/mol. The molecule has 0 radical (unpaired) electrons. The summed E-state index contributed by atoms with van der Waals surface area (Å²) in [5, 5.41) is 9.14. The van der Waals surface area contributed by atoms with Gasteiger partial charge in [-0.2, -0.15) is 5.26 Å². The van der Waals surface area contributed by atoms with Gasteiger partial charge in [-0.05, 0) is 37.3 Å². The van der Waals surface area contributed by atoms with E-state index in [0.29, 0.717) is 10.7 Å². The monoisotopic (exact) mass is 371 g/mol. The molecule has 0 bridgehead atoms. The minimum absolute atomic E-state index is 0.168. The molecule has 7 heteroatoms. The summed E-state index contributed by atoms with van der Waals surface area (Å²) in [6.45, 7) is 1.70. The standard InChI is InChI=1S/C19H18ClN3O3/c1-13-3-6-15(7-4-13)23(10-2-9-21)18(24)12-26-19(25)14-5-8-16(20)17(22)11-14/h3-8,11H,2,10,12,22H2,1H3. The van der Waals surface area contributed by atoms with E-state index in [0.717, 1.165) is 5.56 Å². The third-order valence-corrected chi connectivity index (χ3v) is 4.00. The van der Waals surface area contributed by atoms with Crippen molar-refractivity contribution in [3.63, 3.8) is 0 Å². The summed E-state index contributed by atoms with van der Waals surface area (Å²) < 4.78 is 5.08. The van der Waals surface area contributed by atoms with Crippen LogP contribution in [0, 0.1) is 18.3 Å². The Labute approximate surface area is 156 Å². The quantitative estimate of drug-likeness (QED) is 0.620. The molecule has 2 aromatic rings. The first-order valence-electron chi connectivity index (χ1n) is 7.88. The van der Waals surface area contributed by atoms with Crippen molar-refractivity contribution in [1.82, 2.24) is 0 Å². The summed E-state index contributed by atoms with van der Waals surface area (Å²) in [6, 6.07) is 13.7. The molecule has 0 saturated heterocycles. The lowest BCUT2D eigenvalue weighted by atomic mass is 10.2. The van der Waals surface area contributed by atoms with Gasteiger partial charge in [-0.15, -0.1) is 0 Å². The van der Waals surface area contributed by atoms with Gasteiger partial charge in [-0.3, -0.25) is 4.79 Å². The van der Waals surface area contributed by atoms with Crippen molar-refractivity contribution in [2.24, 2.45) is 0 Å². The number of nitrogens with two attached hydrogens (primary N) is 1. The molecule has 0 aliphatic heterocycles. The molecule has 0 heterocycles. The van der Waals surface area contributed by atoms with E-state index < -0.39 is 18.5 Å². The average Bonchev–Trinajstić information content (AvgIpc) is 2.63. The number of rotatable bonds is 6. The number of anilines is 2. The molecule has 1 amide bonds. The first kappa shape index (κ1) is 19.3. The molecule has 0 aliphatic carbocycles. The van der Waals surface area contributed by atoms with Gasteiger partial charge in [0.1, 0.15) is 0 Å². The van der Waals surface area contributed by atoms with Gasteiger partial charge in [-0.25, -0.2) is 4.79 Å². The van der Waals surface area contributed by atoms with Crippen LogP contribution in [-0.4, -0.2) is 25.0 Å². The van der Waals surface area contributed by atoms with Gasteiger partial charge < -0.3 is 15.4 Å². The molecule has 0 saturated carbocycles. The Morgan fingerprint density at radius 1 is 1.23 bits per heavy atom. The molecular formula is C19H18ClN3O3. The number of nitriles is 1. The Balaban J connectivity index is 2.06. The Morgan fingerprint density at radius 3 is 2.54 bits per heavy atom. The molecule has 0 atom stereocenters. The number of carbonyl (C=O) groups is 2. The minimum atomic E-state index is -0.675. The van der Waals surface area contributed by atoms with Crippen LogP contribution >= 0.6 is 11.6 Å². The molecule has 134 valence electrons. The molecule has 2 aromatic carbocycles. The van der Waals surface area contributed by atoms with Crippen molar-refractivity contribution < 1.29 is 14.3 Å². The molecule has 0 fully saturated rings. The second kappa shape index (κ2) is 8.88. The maximum Gasteiger partial charge on any atom is 0.338 e. The minimum Gasteiger partial charge on any atom is -0.452 e. The van der Waals surface area contributed by atoms with Crippen LogP contribution in [0.4, 0.5) is 11.4 Å². The van der Waals surface area contributed by atoms with Crippen LogP contribution in [0.25, 0.3) is 0 Å². The van der Waals surface area contributed by atoms with Crippen molar-refractivity contribution in [2.45, 2.75) is 13.3 Å². The largest absolute Gasteiger partial charge is 0.452 e. The van der Waals surface area contributed by atoms with Crippen LogP contribution in [0.3, 0.4) is 0 Å². The fourth-order valence-corrected chi connectivity index (χ4v) is 2.36. The Kier molecular flexibility index (Phi) is 6.59. The predicted octanol–water partition coefficient (Wildman–Crippen LogP) is 3.33. The highest BCUT2D eigenvalue weighted by molar-refractivity contribution is 6.33. The lowest BCUT2D eigenvalue weighted by Crippen LogP contribution is -2.35. The third kappa shape index (κ3) is 4.98. The topological polar surface area (TPSA) is 96.4 Å². The second-order valence-corrected chi connectivity index (χ2v) is 6.01. The number of carbonyl (C=O) groups excluding carboxylic acids is 2. The van der Waals surface area contributed by atoms with Crippen molar-refractivity contribution in [2.75, 3.05) is 23.8 Å². The summed E-state index contributed by atoms with van der Waals surface area (Å²) in [5.74, 6) is -1.09. The van der Waals surface area contributed by atoms with Gasteiger partial charge in [0.15, 0.2) is 6.61 Å². The molecular weight excluding hydrogens is 354 g/mol. The molecule has 0 spiro atoms. The normalized spacial score (nSPS) is 10.0. The first-order valence-corrected chi connectivity index (χ1v) is 8.26. The third-order valence-electron chi connectivity index (χ3n) is 3.65. The van der Waals surface area contributed by atoms with Gasteiger partial charge in [0.25, 0.3) is 5.91 Å². The summed E-state index contributed by atoms with van der Waals surface area (Å²) in [5.41, 5.74) is 7.81. The maximum absolute atomic E-state index is 12.5. The number of benzene rings is 2. The fraction of sp³-hybridized carbons (Fsp3) is 0.211. The van der Waals surface area contributed by atoms with E-state index in [1.165, 1.54) is 23.1 Å². The van der Waals surface area contributed by atoms with Crippen LogP contribution in [0.1, 0.15) is 22.3 Å². The van der Waals surface area contributed by atoms with E-state index in [9.17, 15) is 9.59 Å². The molecule has 2 rings (SSSR count). The van der Waals surface area contributed by atoms with Crippen molar-refractivity contribution in [3.05, 3.63) is 58.6 Å². The summed E-state index contributed by atoms with van der Waals surface area (Å²) >= 11 is 5.82. The van der Waals surface area contributed by atoms with E-state index in [1.807, 2.05) is 25.1 Å². The lowest BCUT2D eigenvalue weighted by Gasteiger charge is -2.21. The van der Waals surface area contributed by atoms with Gasteiger partial charge >= 0.3 is 5.97 Å². The van der Waals surface area contributed by atoms with E-state index >= 15 is 0 Å². The average molecular weight is 372 g/mol. The molecule has 6 nitrogen and oxygen atoms in total. The van der Waals surface area contributed by atoms with Crippen LogP contribution < -0.4 is 10.6 Å². The lowest BCUT2D eigenvalue weighted by molar-refractivity contribution is -0.121. The van der Waals surface area contributed by atoms with Crippen LogP contribution in [0.15, 0.2) is 42.5 Å². The Hall–Kier alpha value is -3.04. The van der Waals surface area contributed by atoms with Crippen molar-refractivity contribution in [1.29, 1.82) is 5.26 Å². The number of hydrogen-bond acceptors (Lipinski definition) is 5. The van der Waals surface area contributed by atoms with Crippen LogP contribution in [-0.2, 0) is 9.53 Å². The number of hydrogen-bond donors (Lipinski definition) is 1. The summed E-state index contributed by atoms with van der Waals surface area (Å²) in [6.07, 6.45) is 0.168. The van der Waals surface area contributed by atoms with Gasteiger partial charge in [0.05, 0.1) is 28.8 Å². The van der Waals surface area contributed by atoms with Crippen LogP contribution in [0.2, 0.25) is 5.02 Å². The highest BCUT2D eigenvalue weighted by Gasteiger charge is 2.18. The number of amides is 1. The highest BCUT2D eigenvalue weighted by atomic mass is 35.5. The second-order valence-electron chi connectivity index (χ2n) is 5.60. The number of nitrogen functional groups attached to an aromatic ring is 1. The van der Waals surface area contributed by atoms with E-state index in [1.54, 1.807) is 12.1 Å². The van der Waals surface area contributed by atoms with Crippen molar-refractivity contribution >= 4 is 34.9 Å². The van der Waals surface area contributed by atoms with Gasteiger partial charge in [0.2, 0.25) is 0 Å². The van der Waals surface area contributed by atoms with Crippen LogP contribution in [0.5, 0.6) is 0 Å². The highest BCUT2D eigenvalue weighted by Crippen LogP contribution is 2.20. The van der Waals surface area contributed by atoms with E-state index in [4.69, 9.17) is 27.3 Å². The Morgan fingerprint density at radius 2 is 1.92 bits per heavy atom. The van der Waals surface area contributed by atoms with Gasteiger partial charge in [0, 0.05) is 12.2 Å². The zero-order valence-electron chi connectivity index (χ0n) is 14.2. The van der Waals surface area contributed by atoms with Crippen molar-refractivity contribution in [3.8, 4) is 6.07 Å². The molecule has 26 heavy (non-hydrogen) atoms. The number of ether oxygens (including phenoxy) is 1. The molecule has 2 N–H and O–H groups in total. The number of esters is 1. The zero-order valence-corrected chi connectivity index (χ0v) is 15.0. The van der Waals surface area contributed by atoms with E-state index in [2.05, 4.69) is 0 Å². The SMILES string of the molecule is Cc1ccc(N(CCC#N)C(=O)COC(=O)c2ccc(Cl)c(N)c2)cc1. The Bertz CT molecular complexity index is 844. The molecule has 0 aliphatic rings. The molecule has 0 unspecified atom stereocenters. The summed E-state index contributed by atoms with van der Waals surface area (Å²) in [7, 11) is 0. The number of nitrogens with zero attached hydrogens (tertiary/aromatic N) is 2. The van der Waals surface area contributed by atoms with E-state index in [-0.39, 0.29) is 24.2 Å². The maximum atomic E-state index is 12.5. The number of halogens is 1. The summed E-state index contributed by atoms with van der Waals surface area (Å²) in [4.78, 5) is 26.0. The zero-order chi connectivity index (χ0) is 19.1. The first-order chi connectivity index (χ1) is 12.4. The fourth-order valence-electron chi connectivity index (χ4n) is 2.24. The molecule has 0 aromatic heterocycles. The smallest absolute Gasteiger partial charge is 0.338 e. The van der Waals surface area contributed by atoms with Gasteiger partial charge in [-0.1, -0.05) is 29.3 Å². The number of aryl methyl sites for hydroxylation is 1.